The summed E-state index contributed by atoms with van der Waals surface area (Å²) < 4.78 is 34.2. The molecule has 33 heavy (non-hydrogen) atoms. The lowest BCUT2D eigenvalue weighted by atomic mass is 9.95. The molecule has 3 aromatic heterocycles. The van der Waals surface area contributed by atoms with Gasteiger partial charge in [0.1, 0.15) is 5.75 Å². The van der Waals surface area contributed by atoms with Crippen LogP contribution in [0.1, 0.15) is 26.0 Å². The molecule has 170 valence electrons. The number of hydrogen-bond acceptors (Lipinski definition) is 7. The van der Waals surface area contributed by atoms with Crippen molar-refractivity contribution in [3.63, 3.8) is 0 Å². The van der Waals surface area contributed by atoms with Crippen LogP contribution in [-0.2, 0) is 6.54 Å². The second-order valence-corrected chi connectivity index (χ2v) is 7.90. The van der Waals surface area contributed by atoms with E-state index < -0.39 is 6.55 Å². The molecule has 1 aliphatic rings. The number of benzene rings is 1. The number of methoxy groups -OCH3 is 1. The van der Waals surface area contributed by atoms with Gasteiger partial charge in [-0.3, -0.25) is 9.47 Å². The Kier molecular flexibility index (Phi) is 4.91. The second-order valence-electron chi connectivity index (χ2n) is 7.90. The Hall–Kier alpha value is -4.09. The third-order valence-corrected chi connectivity index (χ3v) is 5.64. The molecule has 0 bridgehead atoms. The predicted octanol–water partition coefficient (Wildman–Crippen LogP) is 2.82. The fourth-order valence-corrected chi connectivity index (χ4v) is 4.04. The van der Waals surface area contributed by atoms with Gasteiger partial charge < -0.3 is 9.75 Å². The molecule has 1 aromatic carbocycles. The van der Waals surface area contributed by atoms with Crippen molar-refractivity contribution in [2.75, 3.05) is 12.1 Å². The summed E-state index contributed by atoms with van der Waals surface area (Å²) in [5.74, 6) is 0.704. The third-order valence-electron chi connectivity index (χ3n) is 5.64. The minimum Gasteiger partial charge on any atom is -0.496 e. The zero-order valence-corrected chi connectivity index (χ0v) is 18.0. The van der Waals surface area contributed by atoms with E-state index in [9.17, 15) is 13.6 Å². The van der Waals surface area contributed by atoms with Crippen LogP contribution in [0.2, 0.25) is 0 Å². The van der Waals surface area contributed by atoms with Crippen molar-refractivity contribution in [2.45, 2.75) is 33.0 Å². The number of H-pyrrole nitrogens is 1. The summed E-state index contributed by atoms with van der Waals surface area (Å²) in [6, 6.07) is 5.34. The van der Waals surface area contributed by atoms with Crippen LogP contribution in [-0.4, -0.2) is 48.2 Å². The minimum atomic E-state index is -2.73. The van der Waals surface area contributed by atoms with Crippen LogP contribution in [0.15, 0.2) is 41.6 Å². The number of fused-ring (bicyclic) bond motifs is 3. The normalized spacial score (nSPS) is 12.9. The molecule has 0 unspecified atom stereocenters. The van der Waals surface area contributed by atoms with Gasteiger partial charge in [0.15, 0.2) is 5.43 Å². The number of tetrazole rings is 1. The highest BCUT2D eigenvalue weighted by Crippen LogP contribution is 2.40. The number of aromatic nitrogens is 7. The standard InChI is InChI=1S/C21H20F2N8O2/c1-11(2)30-9-12-4-15(13-7-24-29(8-13)21(22)23)19(33-3)5-14(12)17-6-18(32)16(10-31(17)30)20-25-27-28-26-20/h4-8,10-11,21H,9H2,1-3H3,(H,25,26,27,28). The summed E-state index contributed by atoms with van der Waals surface area (Å²) in [5.41, 5.74) is 3.65. The predicted molar refractivity (Wildman–Crippen MR) is 115 cm³/mol. The maximum Gasteiger partial charge on any atom is 0.333 e. The Balaban J connectivity index is 1.70. The lowest BCUT2D eigenvalue weighted by molar-refractivity contribution is 0.0566. The first-order valence-corrected chi connectivity index (χ1v) is 10.2. The number of hydrogen-bond donors (Lipinski definition) is 1. The highest BCUT2D eigenvalue weighted by atomic mass is 19.3. The average Bonchev–Trinajstić information content (AvgIpc) is 3.49. The van der Waals surface area contributed by atoms with Gasteiger partial charge in [0, 0.05) is 41.2 Å². The van der Waals surface area contributed by atoms with E-state index in [0.717, 1.165) is 11.1 Å². The summed E-state index contributed by atoms with van der Waals surface area (Å²) in [4.78, 5) is 12.9. The molecule has 1 aliphatic heterocycles. The second kappa shape index (κ2) is 7.80. The molecular formula is C21H20F2N8O2. The Bertz CT molecular complexity index is 1380. The van der Waals surface area contributed by atoms with Gasteiger partial charge in [-0.2, -0.15) is 19.1 Å². The molecule has 4 aromatic rings. The van der Waals surface area contributed by atoms with E-state index >= 15 is 0 Å². The van der Waals surface area contributed by atoms with Gasteiger partial charge in [0.05, 0.1) is 31.1 Å². The molecule has 12 heteroatoms. The van der Waals surface area contributed by atoms with Gasteiger partial charge in [-0.15, -0.1) is 10.2 Å². The van der Waals surface area contributed by atoms with Crippen molar-refractivity contribution in [3.05, 3.63) is 52.6 Å². The molecule has 0 amide bonds. The molecule has 5 rings (SSSR count). The van der Waals surface area contributed by atoms with Crippen molar-refractivity contribution in [1.29, 1.82) is 0 Å². The van der Waals surface area contributed by atoms with E-state index in [1.54, 1.807) is 6.20 Å². The van der Waals surface area contributed by atoms with E-state index in [1.807, 2.05) is 30.7 Å². The number of ether oxygens (including phenoxy) is 1. The monoisotopic (exact) mass is 454 g/mol. The number of pyridine rings is 1. The van der Waals surface area contributed by atoms with E-state index in [-0.39, 0.29) is 17.3 Å². The van der Waals surface area contributed by atoms with Gasteiger partial charge in [0.25, 0.3) is 0 Å². The molecule has 0 saturated heterocycles. The molecule has 0 aliphatic carbocycles. The van der Waals surface area contributed by atoms with E-state index in [2.05, 4.69) is 30.7 Å². The summed E-state index contributed by atoms with van der Waals surface area (Å²) in [6.45, 7) is 1.87. The van der Waals surface area contributed by atoms with Crippen molar-refractivity contribution >= 4 is 0 Å². The van der Waals surface area contributed by atoms with Crippen LogP contribution in [0, 0.1) is 0 Å². The van der Waals surface area contributed by atoms with E-state index in [4.69, 9.17) is 4.74 Å². The van der Waals surface area contributed by atoms with Gasteiger partial charge in [-0.25, -0.2) is 4.68 Å². The smallest absolute Gasteiger partial charge is 0.333 e. The van der Waals surface area contributed by atoms with Crippen molar-refractivity contribution < 1.29 is 13.5 Å². The summed E-state index contributed by atoms with van der Waals surface area (Å²) in [6.07, 6.45) is 4.38. The Labute approximate surface area is 186 Å². The molecule has 0 spiro atoms. The van der Waals surface area contributed by atoms with Crippen LogP contribution in [0.5, 0.6) is 5.75 Å². The lowest BCUT2D eigenvalue weighted by Crippen LogP contribution is -2.43. The van der Waals surface area contributed by atoms with E-state index in [0.29, 0.717) is 39.4 Å². The molecule has 0 radical (unpaired) electrons. The number of nitrogens with one attached hydrogen (secondary N) is 1. The van der Waals surface area contributed by atoms with Crippen molar-refractivity contribution in [3.8, 4) is 39.5 Å². The molecular weight excluding hydrogens is 434 g/mol. The number of alkyl halides is 2. The highest BCUT2D eigenvalue weighted by molar-refractivity contribution is 5.79. The highest BCUT2D eigenvalue weighted by Gasteiger charge is 2.27. The molecule has 0 saturated carbocycles. The quantitative estimate of drug-likeness (QED) is 0.494. The lowest BCUT2D eigenvalue weighted by Gasteiger charge is -2.38. The van der Waals surface area contributed by atoms with Gasteiger partial charge in [-0.1, -0.05) is 0 Å². The van der Waals surface area contributed by atoms with Crippen LogP contribution in [0.4, 0.5) is 8.78 Å². The largest absolute Gasteiger partial charge is 0.496 e. The van der Waals surface area contributed by atoms with Gasteiger partial charge in [0.2, 0.25) is 5.82 Å². The zero-order chi connectivity index (χ0) is 23.3. The van der Waals surface area contributed by atoms with Crippen LogP contribution in [0.3, 0.4) is 0 Å². The molecule has 10 nitrogen and oxygen atoms in total. The molecule has 4 heterocycles. The Morgan fingerprint density at radius 2 is 1.94 bits per heavy atom. The SMILES string of the molecule is COc1cc2c(cc1-c1cnn(C(F)F)c1)CN(C(C)C)n1cc(-c3nn[nH]n3)c(=O)cc1-2. The zero-order valence-electron chi connectivity index (χ0n) is 18.0. The molecule has 1 N–H and O–H groups in total. The number of rotatable bonds is 5. The van der Waals surface area contributed by atoms with Crippen molar-refractivity contribution in [1.82, 2.24) is 35.1 Å². The molecule has 0 atom stereocenters. The third kappa shape index (κ3) is 3.43. The van der Waals surface area contributed by atoms with Crippen LogP contribution >= 0.6 is 0 Å². The van der Waals surface area contributed by atoms with Gasteiger partial charge >= 0.3 is 6.55 Å². The first kappa shape index (κ1) is 20.8. The van der Waals surface area contributed by atoms with Crippen LogP contribution in [0.25, 0.3) is 33.8 Å². The van der Waals surface area contributed by atoms with Crippen LogP contribution < -0.4 is 15.2 Å². The maximum absolute atomic E-state index is 13.0. The fourth-order valence-electron chi connectivity index (χ4n) is 4.04. The van der Waals surface area contributed by atoms with E-state index in [1.165, 1.54) is 25.6 Å². The topological polar surface area (TPSA) is 107 Å². The first-order chi connectivity index (χ1) is 15.9. The average molecular weight is 454 g/mol. The maximum atomic E-state index is 13.0. The van der Waals surface area contributed by atoms with Crippen molar-refractivity contribution in [2.24, 2.45) is 0 Å². The summed E-state index contributed by atoms with van der Waals surface area (Å²) in [5, 5.41) is 19.6. The Morgan fingerprint density at radius 1 is 1.12 bits per heavy atom. The minimum absolute atomic E-state index is 0.0876. The summed E-state index contributed by atoms with van der Waals surface area (Å²) in [7, 11) is 1.51. The Morgan fingerprint density at radius 3 is 2.58 bits per heavy atom. The fraction of sp³-hybridized carbons (Fsp3) is 0.286. The summed E-state index contributed by atoms with van der Waals surface area (Å²) >= 11 is 0. The molecule has 0 fully saturated rings. The number of nitrogens with zero attached hydrogens (tertiary/aromatic N) is 7. The van der Waals surface area contributed by atoms with Gasteiger partial charge in [-0.05, 0) is 36.8 Å². The number of halogens is 2. The number of aromatic amines is 1. The first-order valence-electron chi connectivity index (χ1n) is 10.2.